The average molecular weight is 332 g/mol. The van der Waals surface area contributed by atoms with E-state index in [0.29, 0.717) is 6.61 Å². The van der Waals surface area contributed by atoms with Gasteiger partial charge in [0.2, 0.25) is 0 Å². The summed E-state index contributed by atoms with van der Waals surface area (Å²) in [6.45, 7) is 11.6. The fraction of sp³-hybridized carbons (Fsp3) is 1.00. The maximum Gasteiger partial charge on any atom is 0.164 e. The van der Waals surface area contributed by atoms with Crippen LogP contribution in [0.2, 0.25) is 0 Å². The molecule has 7 atom stereocenters. The Balaban J connectivity index is 1.86. The molecule has 1 saturated carbocycles. The monoisotopic (exact) mass is 332 g/mol. The Morgan fingerprint density at radius 1 is 0.913 bits per heavy atom. The molecule has 2 aliphatic heterocycles. The highest BCUT2D eigenvalue weighted by atomic mass is 16.8. The van der Waals surface area contributed by atoms with Crippen LogP contribution in [0.3, 0.4) is 0 Å². The highest BCUT2D eigenvalue weighted by molar-refractivity contribution is 5.08. The van der Waals surface area contributed by atoms with Crippen molar-refractivity contribution in [3.8, 4) is 0 Å². The summed E-state index contributed by atoms with van der Waals surface area (Å²) >= 11 is 0. The lowest BCUT2D eigenvalue weighted by atomic mass is 9.85. The Labute approximate surface area is 137 Å². The fourth-order valence-electron chi connectivity index (χ4n) is 3.69. The second kappa shape index (κ2) is 5.91. The summed E-state index contributed by atoms with van der Waals surface area (Å²) in [6.07, 6.45) is -3.64. The second-order valence-corrected chi connectivity index (χ2v) is 7.24. The molecule has 1 aliphatic carbocycles. The molecule has 0 spiro atoms. The third kappa shape index (κ3) is 3.28. The van der Waals surface area contributed by atoms with Crippen molar-refractivity contribution in [1.29, 1.82) is 0 Å². The van der Waals surface area contributed by atoms with E-state index in [1.165, 1.54) is 0 Å². The van der Waals surface area contributed by atoms with Gasteiger partial charge in [-0.2, -0.15) is 0 Å². The van der Waals surface area contributed by atoms with Gasteiger partial charge in [0.15, 0.2) is 17.9 Å². The normalized spacial score (nSPS) is 45.5. The predicted molar refractivity (Wildman–Crippen MR) is 79.6 cm³/mol. The minimum Gasteiger partial charge on any atom is -0.387 e. The quantitative estimate of drug-likeness (QED) is 0.775. The average Bonchev–Trinajstić information content (AvgIpc) is 2.91. The van der Waals surface area contributed by atoms with Gasteiger partial charge in [-0.15, -0.1) is 0 Å². The first-order valence-electron chi connectivity index (χ1n) is 8.30. The molecule has 0 amide bonds. The maximum absolute atomic E-state index is 10.7. The van der Waals surface area contributed by atoms with Crippen molar-refractivity contribution in [3.05, 3.63) is 0 Å². The van der Waals surface area contributed by atoms with E-state index in [9.17, 15) is 5.11 Å². The van der Waals surface area contributed by atoms with E-state index in [1.807, 2.05) is 41.5 Å². The molecule has 134 valence electrons. The Bertz CT molecular complexity index is 406. The Kier molecular flexibility index (Phi) is 4.51. The van der Waals surface area contributed by atoms with Crippen molar-refractivity contribution >= 4 is 0 Å². The van der Waals surface area contributed by atoms with Crippen molar-refractivity contribution in [2.24, 2.45) is 0 Å². The summed E-state index contributed by atoms with van der Waals surface area (Å²) in [5.74, 6) is -1.58. The Morgan fingerprint density at radius 2 is 1.35 bits per heavy atom. The van der Waals surface area contributed by atoms with Gasteiger partial charge >= 0.3 is 0 Å². The molecule has 2 saturated heterocycles. The summed E-state index contributed by atoms with van der Waals surface area (Å²) in [5, 5.41) is 10.7. The van der Waals surface area contributed by atoms with Gasteiger partial charge in [-0.05, 0) is 41.5 Å². The Hall–Kier alpha value is -0.280. The molecule has 3 rings (SSSR count). The summed E-state index contributed by atoms with van der Waals surface area (Å²) in [7, 11) is 0. The van der Waals surface area contributed by atoms with Crippen LogP contribution in [-0.2, 0) is 28.4 Å². The van der Waals surface area contributed by atoms with Gasteiger partial charge in [-0.3, -0.25) is 0 Å². The first-order valence-corrected chi connectivity index (χ1v) is 8.30. The molecule has 7 nitrogen and oxygen atoms in total. The topological polar surface area (TPSA) is 75.6 Å². The second-order valence-electron chi connectivity index (χ2n) is 7.24. The third-order valence-corrected chi connectivity index (χ3v) is 4.40. The summed E-state index contributed by atoms with van der Waals surface area (Å²) in [5.41, 5.74) is 0. The highest BCUT2D eigenvalue weighted by Crippen LogP contribution is 2.45. The van der Waals surface area contributed by atoms with Gasteiger partial charge in [-0.1, -0.05) is 0 Å². The van der Waals surface area contributed by atoms with Crippen molar-refractivity contribution in [1.82, 2.24) is 0 Å². The van der Waals surface area contributed by atoms with Gasteiger partial charge in [0.05, 0.1) is 0 Å². The zero-order valence-electron chi connectivity index (χ0n) is 14.6. The minimum atomic E-state index is -0.837. The SMILES string of the molecule is CCOC(C)O[C@@H]1[C@H]2OC(C)(C)O[C@H]2[C@@H](O)[C@@H]2OC(C)(C)O[C@@H]12. The molecular formula is C16H28O7. The molecule has 0 bridgehead atoms. The lowest BCUT2D eigenvalue weighted by molar-refractivity contribution is -0.240. The van der Waals surface area contributed by atoms with E-state index >= 15 is 0 Å². The smallest absolute Gasteiger partial charge is 0.164 e. The number of ether oxygens (including phenoxy) is 6. The van der Waals surface area contributed by atoms with E-state index in [2.05, 4.69) is 0 Å². The molecule has 0 aromatic rings. The van der Waals surface area contributed by atoms with Gasteiger partial charge in [-0.25, -0.2) is 0 Å². The Morgan fingerprint density at radius 3 is 1.78 bits per heavy atom. The number of aliphatic hydroxyl groups is 1. The fourth-order valence-corrected chi connectivity index (χ4v) is 3.69. The van der Waals surface area contributed by atoms with E-state index < -0.39 is 54.5 Å². The van der Waals surface area contributed by atoms with Gasteiger partial charge < -0.3 is 33.5 Å². The van der Waals surface area contributed by atoms with Gasteiger partial charge in [0, 0.05) is 6.61 Å². The number of fused-ring (bicyclic) bond motifs is 2. The van der Waals surface area contributed by atoms with Crippen molar-refractivity contribution < 1.29 is 33.5 Å². The lowest BCUT2D eigenvalue weighted by Gasteiger charge is -2.41. The largest absolute Gasteiger partial charge is 0.387 e. The van der Waals surface area contributed by atoms with Crippen LogP contribution >= 0.6 is 0 Å². The van der Waals surface area contributed by atoms with Crippen LogP contribution < -0.4 is 0 Å². The van der Waals surface area contributed by atoms with Crippen LogP contribution in [-0.4, -0.2) is 66.2 Å². The molecule has 1 N–H and O–H groups in total. The number of rotatable bonds is 4. The number of aliphatic hydroxyl groups excluding tert-OH is 1. The molecule has 0 aromatic carbocycles. The molecule has 7 heteroatoms. The van der Waals surface area contributed by atoms with Crippen LogP contribution in [0.15, 0.2) is 0 Å². The van der Waals surface area contributed by atoms with E-state index in [-0.39, 0.29) is 0 Å². The summed E-state index contributed by atoms with van der Waals surface area (Å²) < 4.78 is 35.3. The lowest BCUT2D eigenvalue weighted by Crippen LogP contribution is -2.62. The van der Waals surface area contributed by atoms with Crippen LogP contribution in [0.1, 0.15) is 41.5 Å². The molecule has 0 aromatic heterocycles. The first-order chi connectivity index (χ1) is 10.6. The number of hydrogen-bond acceptors (Lipinski definition) is 7. The van der Waals surface area contributed by atoms with Crippen LogP contribution in [0.4, 0.5) is 0 Å². The minimum absolute atomic E-state index is 0.416. The molecule has 3 aliphatic rings. The van der Waals surface area contributed by atoms with Crippen molar-refractivity contribution in [2.75, 3.05) is 6.61 Å². The standard InChI is InChI=1S/C16H28O7/c1-7-18-8(2)19-12-13-10(20-15(3,4)22-13)9(17)11-14(12)23-16(5,6)21-11/h8-14,17H,7H2,1-6H3/t8?,9-,10-,11-,12-,13+,14-/m0/s1. The molecule has 0 radical (unpaired) electrons. The van der Waals surface area contributed by atoms with E-state index in [0.717, 1.165) is 0 Å². The number of hydrogen-bond donors (Lipinski definition) is 1. The van der Waals surface area contributed by atoms with Crippen molar-refractivity contribution in [3.63, 3.8) is 0 Å². The molecule has 2 heterocycles. The van der Waals surface area contributed by atoms with Gasteiger partial charge in [0.1, 0.15) is 36.6 Å². The first kappa shape index (κ1) is 17.5. The highest BCUT2D eigenvalue weighted by Gasteiger charge is 2.63. The summed E-state index contributed by atoms with van der Waals surface area (Å²) in [6, 6.07) is 0. The van der Waals surface area contributed by atoms with Crippen LogP contribution in [0.25, 0.3) is 0 Å². The van der Waals surface area contributed by atoms with E-state index in [4.69, 9.17) is 28.4 Å². The summed E-state index contributed by atoms with van der Waals surface area (Å²) in [4.78, 5) is 0. The van der Waals surface area contributed by atoms with Gasteiger partial charge in [0.25, 0.3) is 0 Å². The zero-order chi connectivity index (χ0) is 17.0. The third-order valence-electron chi connectivity index (χ3n) is 4.40. The molecular weight excluding hydrogens is 304 g/mol. The molecule has 23 heavy (non-hydrogen) atoms. The zero-order valence-corrected chi connectivity index (χ0v) is 14.6. The van der Waals surface area contributed by atoms with E-state index in [1.54, 1.807) is 0 Å². The molecule has 3 fully saturated rings. The predicted octanol–water partition coefficient (Wildman–Crippen LogP) is 1.17. The molecule has 1 unspecified atom stereocenters. The van der Waals surface area contributed by atoms with Crippen molar-refractivity contribution in [2.45, 2.75) is 96.0 Å². The maximum atomic E-state index is 10.7. The van der Waals surface area contributed by atoms with Crippen LogP contribution in [0, 0.1) is 0 Å². The van der Waals surface area contributed by atoms with Crippen LogP contribution in [0.5, 0.6) is 0 Å².